The van der Waals surface area contributed by atoms with Gasteiger partial charge in [0.15, 0.2) is 0 Å². The van der Waals surface area contributed by atoms with Crippen molar-refractivity contribution < 1.29 is 4.74 Å². The number of hydrogen-bond acceptors (Lipinski definition) is 3. The third-order valence-electron chi connectivity index (χ3n) is 2.53. The predicted molar refractivity (Wildman–Crippen MR) is 73.8 cm³/mol. The van der Waals surface area contributed by atoms with Gasteiger partial charge in [0.25, 0.3) is 0 Å². The zero-order valence-corrected chi connectivity index (χ0v) is 12.7. The molecule has 0 bridgehead atoms. The van der Waals surface area contributed by atoms with Crippen LogP contribution in [0.2, 0.25) is 0 Å². The summed E-state index contributed by atoms with van der Waals surface area (Å²) in [6.45, 7) is 9.18. The lowest BCUT2D eigenvalue weighted by Crippen LogP contribution is -2.39. The topological polar surface area (TPSA) is 35.2 Å². The van der Waals surface area contributed by atoms with E-state index in [-0.39, 0.29) is 17.6 Å². The fraction of sp³-hybridized carbons (Fsp3) is 0.667. The fourth-order valence-corrected chi connectivity index (χ4v) is 3.37. The van der Waals surface area contributed by atoms with Gasteiger partial charge >= 0.3 is 0 Å². The Hall–Kier alpha value is 0.100. The van der Waals surface area contributed by atoms with Crippen molar-refractivity contribution in [3.8, 4) is 0 Å². The van der Waals surface area contributed by atoms with Crippen molar-refractivity contribution in [1.29, 1.82) is 0 Å². The predicted octanol–water partition coefficient (Wildman–Crippen LogP) is 3.96. The number of rotatable bonds is 4. The molecule has 1 rings (SSSR count). The largest absolute Gasteiger partial charge is 0.376 e. The molecule has 2 atom stereocenters. The summed E-state index contributed by atoms with van der Waals surface area (Å²) < 4.78 is 6.89. The summed E-state index contributed by atoms with van der Waals surface area (Å²) in [4.78, 5) is 0. The van der Waals surface area contributed by atoms with E-state index < -0.39 is 0 Å². The molecule has 0 spiro atoms. The third kappa shape index (κ3) is 3.29. The van der Waals surface area contributed by atoms with E-state index in [4.69, 9.17) is 10.5 Å². The lowest BCUT2D eigenvalue weighted by molar-refractivity contribution is -0.0283. The quantitative estimate of drug-likeness (QED) is 0.914. The number of halogens is 1. The summed E-state index contributed by atoms with van der Waals surface area (Å²) in [5, 5.41) is 4.15. The molecule has 0 aliphatic rings. The summed E-state index contributed by atoms with van der Waals surface area (Å²) in [5.74, 6) is 0. The highest BCUT2D eigenvalue weighted by Crippen LogP contribution is 2.35. The molecule has 1 aromatic rings. The van der Waals surface area contributed by atoms with Gasteiger partial charge in [0, 0.05) is 16.5 Å². The third-order valence-corrected chi connectivity index (χ3v) is 4.28. The van der Waals surface area contributed by atoms with E-state index in [9.17, 15) is 0 Å². The van der Waals surface area contributed by atoms with Crippen LogP contribution in [-0.2, 0) is 4.74 Å². The highest BCUT2D eigenvalue weighted by atomic mass is 79.9. The Balaban J connectivity index is 2.92. The van der Waals surface area contributed by atoms with Gasteiger partial charge in [-0.05, 0) is 39.2 Å². The molecule has 0 radical (unpaired) electrons. The molecule has 92 valence electrons. The Bertz CT molecular complexity index is 332. The maximum atomic E-state index is 6.31. The van der Waals surface area contributed by atoms with E-state index in [1.165, 1.54) is 0 Å². The average molecular weight is 306 g/mol. The van der Waals surface area contributed by atoms with Crippen LogP contribution in [0.4, 0.5) is 0 Å². The first-order valence-corrected chi connectivity index (χ1v) is 7.20. The molecular formula is C12H20BrNOS. The van der Waals surface area contributed by atoms with Gasteiger partial charge in [-0.1, -0.05) is 20.8 Å². The average Bonchev–Trinajstić information content (AvgIpc) is 2.58. The van der Waals surface area contributed by atoms with E-state index in [1.54, 1.807) is 11.3 Å². The van der Waals surface area contributed by atoms with Gasteiger partial charge in [-0.3, -0.25) is 0 Å². The minimum absolute atomic E-state index is 0.0309. The molecule has 0 fully saturated rings. The van der Waals surface area contributed by atoms with Gasteiger partial charge < -0.3 is 10.5 Å². The number of ether oxygens (including phenoxy) is 1. The normalized spacial score (nSPS) is 16.1. The van der Waals surface area contributed by atoms with Crippen LogP contribution in [0.1, 0.15) is 39.3 Å². The molecular weight excluding hydrogens is 286 g/mol. The van der Waals surface area contributed by atoms with E-state index in [2.05, 4.69) is 47.5 Å². The van der Waals surface area contributed by atoms with E-state index in [1.807, 2.05) is 6.92 Å². The Morgan fingerprint density at radius 2 is 2.06 bits per heavy atom. The number of thiophene rings is 1. The second-order valence-electron chi connectivity index (χ2n) is 4.94. The van der Waals surface area contributed by atoms with Crippen LogP contribution in [0.5, 0.6) is 0 Å². The summed E-state index contributed by atoms with van der Waals surface area (Å²) in [6, 6.07) is -0.0828. The van der Waals surface area contributed by atoms with Gasteiger partial charge in [-0.15, -0.1) is 0 Å². The lowest BCUT2D eigenvalue weighted by atomic mass is 9.83. The molecule has 0 aromatic carbocycles. The maximum absolute atomic E-state index is 6.31. The molecule has 1 aromatic heterocycles. The molecule has 4 heteroatoms. The number of nitrogens with two attached hydrogens (primary N) is 1. The molecule has 2 nitrogen and oxygen atoms in total. The highest BCUT2D eigenvalue weighted by molar-refractivity contribution is 9.10. The Morgan fingerprint density at radius 3 is 2.44 bits per heavy atom. The van der Waals surface area contributed by atoms with Gasteiger partial charge in [-0.25, -0.2) is 0 Å². The standard InChI is InChI=1S/C12H20BrNOS/c1-5-15-11(12(2,3)4)10(14)8-6-16-7-9(8)13/h6-7,10-11H,5,14H2,1-4H3. The fourth-order valence-electron chi connectivity index (χ4n) is 1.76. The van der Waals surface area contributed by atoms with Gasteiger partial charge in [-0.2, -0.15) is 11.3 Å². The van der Waals surface area contributed by atoms with Crippen molar-refractivity contribution in [1.82, 2.24) is 0 Å². The molecule has 1 heterocycles. The minimum atomic E-state index is -0.0828. The van der Waals surface area contributed by atoms with Crippen molar-refractivity contribution >= 4 is 27.3 Å². The first kappa shape index (κ1) is 14.2. The molecule has 0 saturated carbocycles. The zero-order chi connectivity index (χ0) is 12.3. The van der Waals surface area contributed by atoms with Crippen LogP contribution in [0.25, 0.3) is 0 Å². The first-order valence-electron chi connectivity index (χ1n) is 5.46. The van der Waals surface area contributed by atoms with Gasteiger partial charge in [0.2, 0.25) is 0 Å². The van der Waals surface area contributed by atoms with Gasteiger partial charge in [0.1, 0.15) is 0 Å². The molecule has 2 N–H and O–H groups in total. The minimum Gasteiger partial charge on any atom is -0.376 e. The van der Waals surface area contributed by atoms with Crippen LogP contribution in [0.15, 0.2) is 15.2 Å². The zero-order valence-electron chi connectivity index (χ0n) is 10.3. The van der Waals surface area contributed by atoms with Crippen LogP contribution >= 0.6 is 27.3 Å². The van der Waals surface area contributed by atoms with Crippen LogP contribution in [0.3, 0.4) is 0 Å². The maximum Gasteiger partial charge on any atom is 0.0816 e. The molecule has 0 aliphatic heterocycles. The van der Waals surface area contributed by atoms with Gasteiger partial charge in [0.05, 0.1) is 12.1 Å². The highest BCUT2D eigenvalue weighted by Gasteiger charge is 2.32. The van der Waals surface area contributed by atoms with E-state index in [0.29, 0.717) is 6.61 Å². The molecule has 0 amide bonds. The van der Waals surface area contributed by atoms with Crippen molar-refractivity contribution in [3.63, 3.8) is 0 Å². The van der Waals surface area contributed by atoms with Crippen molar-refractivity contribution in [2.45, 2.75) is 39.8 Å². The summed E-state index contributed by atoms with van der Waals surface area (Å²) >= 11 is 5.19. The summed E-state index contributed by atoms with van der Waals surface area (Å²) in [7, 11) is 0. The number of hydrogen-bond donors (Lipinski definition) is 1. The second-order valence-corrected chi connectivity index (χ2v) is 6.54. The van der Waals surface area contributed by atoms with E-state index in [0.717, 1.165) is 10.0 Å². The van der Waals surface area contributed by atoms with Crippen LogP contribution in [-0.4, -0.2) is 12.7 Å². The Labute approximate surface area is 110 Å². The van der Waals surface area contributed by atoms with Crippen LogP contribution < -0.4 is 5.73 Å². The second kappa shape index (κ2) is 5.63. The SMILES string of the molecule is CCOC(C(N)c1cscc1Br)C(C)(C)C. The van der Waals surface area contributed by atoms with Crippen molar-refractivity contribution in [2.75, 3.05) is 6.61 Å². The van der Waals surface area contributed by atoms with E-state index >= 15 is 0 Å². The summed E-state index contributed by atoms with van der Waals surface area (Å²) in [6.07, 6.45) is 0.0309. The molecule has 0 saturated heterocycles. The molecule has 0 aliphatic carbocycles. The first-order chi connectivity index (χ1) is 7.38. The van der Waals surface area contributed by atoms with Crippen LogP contribution in [0, 0.1) is 5.41 Å². The molecule has 16 heavy (non-hydrogen) atoms. The lowest BCUT2D eigenvalue weighted by Gasteiger charge is -2.34. The monoisotopic (exact) mass is 305 g/mol. The smallest absolute Gasteiger partial charge is 0.0816 e. The van der Waals surface area contributed by atoms with Crippen molar-refractivity contribution in [3.05, 3.63) is 20.8 Å². The Kier molecular flexibility index (Phi) is 4.98. The Morgan fingerprint density at radius 1 is 1.44 bits per heavy atom. The molecule has 2 unspecified atom stereocenters. The van der Waals surface area contributed by atoms with Crippen molar-refractivity contribution in [2.24, 2.45) is 11.1 Å². The summed E-state index contributed by atoms with van der Waals surface area (Å²) in [5.41, 5.74) is 7.48.